The molecule has 0 aliphatic carbocycles. The van der Waals surface area contributed by atoms with Crippen LogP contribution in [-0.2, 0) is 17.8 Å². The zero-order valence-electron chi connectivity index (χ0n) is 21.8. The van der Waals surface area contributed by atoms with Gasteiger partial charge in [-0.1, -0.05) is 30.3 Å². The van der Waals surface area contributed by atoms with Gasteiger partial charge in [0.05, 0.1) is 55.7 Å². The minimum Gasteiger partial charge on any atom is -0.493 e. The maximum atomic E-state index is 10.7. The Hall–Kier alpha value is -3.59. The Bertz CT molecular complexity index is 1240. The fourth-order valence-electron chi connectivity index (χ4n) is 4.06. The lowest BCUT2D eigenvalue weighted by atomic mass is 10.2. The Morgan fingerprint density at radius 3 is 2.38 bits per heavy atom. The Balaban J connectivity index is 1.70. The van der Waals surface area contributed by atoms with Gasteiger partial charge in [-0.25, -0.2) is 4.68 Å². The van der Waals surface area contributed by atoms with E-state index in [1.807, 2.05) is 87.5 Å². The summed E-state index contributed by atoms with van der Waals surface area (Å²) >= 11 is 0. The highest BCUT2D eigenvalue weighted by atomic mass is 16.5. The lowest BCUT2D eigenvalue weighted by Crippen LogP contribution is -2.35. The normalized spacial score (nSPS) is 12.3. The number of ether oxygens (including phenoxy) is 3. The van der Waals surface area contributed by atoms with Gasteiger partial charge in [0.25, 0.3) is 0 Å². The van der Waals surface area contributed by atoms with Crippen LogP contribution in [0, 0.1) is 6.92 Å². The number of aryl methyl sites for hydroxylation is 1. The van der Waals surface area contributed by atoms with Gasteiger partial charge < -0.3 is 23.7 Å². The molecular formula is C29H35N3O5. The smallest absolute Gasteiger partial charge is 0.227 e. The molecule has 0 bridgehead atoms. The second kappa shape index (κ2) is 12.6. The van der Waals surface area contributed by atoms with Gasteiger partial charge >= 0.3 is 0 Å². The van der Waals surface area contributed by atoms with E-state index in [1.54, 1.807) is 18.1 Å². The van der Waals surface area contributed by atoms with Crippen molar-refractivity contribution in [3.05, 3.63) is 90.0 Å². The third kappa shape index (κ3) is 7.01. The summed E-state index contributed by atoms with van der Waals surface area (Å²) < 4.78 is 25.1. The summed E-state index contributed by atoms with van der Waals surface area (Å²) in [5, 5.41) is 15.6. The molecule has 0 aliphatic heterocycles. The van der Waals surface area contributed by atoms with Crippen LogP contribution in [0.25, 0.3) is 5.69 Å². The lowest BCUT2D eigenvalue weighted by Gasteiger charge is -2.25. The van der Waals surface area contributed by atoms with Crippen LogP contribution in [0.2, 0.25) is 0 Å². The summed E-state index contributed by atoms with van der Waals surface area (Å²) in [6, 6.07) is 21.2. The molecule has 1 N–H and O–H groups in total. The monoisotopic (exact) mass is 505 g/mol. The summed E-state index contributed by atoms with van der Waals surface area (Å²) in [7, 11) is 1.62. The predicted octanol–water partition coefficient (Wildman–Crippen LogP) is 5.36. The number of nitrogens with zero attached hydrogens (tertiary/aromatic N) is 3. The van der Waals surface area contributed by atoms with E-state index in [-0.39, 0.29) is 12.7 Å². The van der Waals surface area contributed by atoms with Gasteiger partial charge in [-0.05, 0) is 57.2 Å². The van der Waals surface area contributed by atoms with Crippen LogP contribution >= 0.6 is 0 Å². The number of aliphatic hydroxyl groups excluding tert-OH is 1. The Morgan fingerprint density at radius 1 is 0.973 bits per heavy atom. The van der Waals surface area contributed by atoms with E-state index < -0.39 is 6.10 Å². The van der Waals surface area contributed by atoms with Crippen molar-refractivity contribution >= 4 is 0 Å². The Morgan fingerprint density at radius 2 is 1.70 bits per heavy atom. The van der Waals surface area contributed by atoms with Crippen molar-refractivity contribution in [1.82, 2.24) is 14.7 Å². The fourth-order valence-corrected chi connectivity index (χ4v) is 4.06. The maximum absolute atomic E-state index is 10.7. The Labute approximate surface area is 218 Å². The van der Waals surface area contributed by atoms with Crippen LogP contribution in [0.15, 0.2) is 77.4 Å². The van der Waals surface area contributed by atoms with Gasteiger partial charge in [-0.3, -0.25) is 4.90 Å². The summed E-state index contributed by atoms with van der Waals surface area (Å²) in [6.45, 7) is 7.49. The first-order valence-corrected chi connectivity index (χ1v) is 12.4. The topological polar surface area (TPSA) is 82.1 Å². The average molecular weight is 506 g/mol. The summed E-state index contributed by atoms with van der Waals surface area (Å²) in [6.07, 6.45) is 1.03. The minimum atomic E-state index is -0.666. The highest BCUT2D eigenvalue weighted by molar-refractivity contribution is 5.47. The second-order valence-corrected chi connectivity index (χ2v) is 9.15. The van der Waals surface area contributed by atoms with Gasteiger partial charge in [0.15, 0.2) is 11.5 Å². The first-order chi connectivity index (χ1) is 17.9. The molecule has 0 fully saturated rings. The third-order valence-corrected chi connectivity index (χ3v) is 5.85. The van der Waals surface area contributed by atoms with Gasteiger partial charge in [-0.2, -0.15) is 5.10 Å². The second-order valence-electron chi connectivity index (χ2n) is 9.15. The van der Waals surface area contributed by atoms with Crippen LogP contribution in [0.5, 0.6) is 17.4 Å². The van der Waals surface area contributed by atoms with Gasteiger partial charge in [-0.15, -0.1) is 0 Å². The first kappa shape index (κ1) is 26.5. The molecule has 2 aromatic heterocycles. The van der Waals surface area contributed by atoms with Crippen LogP contribution in [0.3, 0.4) is 0 Å². The van der Waals surface area contributed by atoms with Crippen molar-refractivity contribution < 1.29 is 23.7 Å². The number of hydrogen-bond acceptors (Lipinski definition) is 7. The van der Waals surface area contributed by atoms with E-state index in [2.05, 4.69) is 4.90 Å². The highest BCUT2D eigenvalue weighted by Gasteiger charge is 2.24. The minimum absolute atomic E-state index is 0.0420. The number of rotatable bonds is 13. The van der Waals surface area contributed by atoms with E-state index in [0.29, 0.717) is 37.0 Å². The molecule has 4 aromatic rings. The number of para-hydroxylation sites is 3. The number of aliphatic hydroxyl groups is 1. The molecule has 2 heterocycles. The molecule has 1 unspecified atom stereocenters. The lowest BCUT2D eigenvalue weighted by molar-refractivity contribution is -0.0114. The molecule has 8 nitrogen and oxygen atoms in total. The molecular weight excluding hydrogens is 470 g/mol. The standard InChI is InChI=1S/C29H35N3O5/c1-21(2)36-20-24(33)17-31(18-25-13-10-16-35-25)19-26-22(3)30-32(23-11-6-5-7-12-23)29(26)37-28-15-9-8-14-27(28)34-4/h5-16,21,24,33H,17-20H2,1-4H3. The van der Waals surface area contributed by atoms with Crippen LogP contribution in [0.4, 0.5) is 0 Å². The SMILES string of the molecule is COc1ccccc1Oc1c(CN(Cc2ccco2)CC(O)COC(C)C)c(C)nn1-c1ccccc1. The molecule has 8 heteroatoms. The van der Waals surface area contributed by atoms with E-state index in [0.717, 1.165) is 22.7 Å². The van der Waals surface area contributed by atoms with E-state index >= 15 is 0 Å². The number of furan rings is 1. The van der Waals surface area contributed by atoms with Gasteiger partial charge in [0.2, 0.25) is 5.88 Å². The first-order valence-electron chi connectivity index (χ1n) is 12.4. The zero-order chi connectivity index (χ0) is 26.2. The average Bonchev–Trinajstić information content (AvgIpc) is 3.52. The predicted molar refractivity (Wildman–Crippen MR) is 141 cm³/mol. The summed E-state index contributed by atoms with van der Waals surface area (Å²) in [4.78, 5) is 2.11. The number of benzene rings is 2. The number of aromatic nitrogens is 2. The van der Waals surface area contributed by atoms with Crippen LogP contribution in [-0.4, -0.2) is 52.3 Å². The summed E-state index contributed by atoms with van der Waals surface area (Å²) in [5.41, 5.74) is 2.61. The maximum Gasteiger partial charge on any atom is 0.227 e. The molecule has 0 amide bonds. The van der Waals surface area contributed by atoms with Crippen molar-refractivity contribution in [1.29, 1.82) is 0 Å². The van der Waals surface area contributed by atoms with Crippen molar-refractivity contribution in [3.8, 4) is 23.1 Å². The highest BCUT2D eigenvalue weighted by Crippen LogP contribution is 2.36. The largest absolute Gasteiger partial charge is 0.493 e. The Kier molecular flexibility index (Phi) is 9.00. The van der Waals surface area contributed by atoms with Crippen molar-refractivity contribution in [3.63, 3.8) is 0 Å². The molecule has 2 aromatic carbocycles. The van der Waals surface area contributed by atoms with Crippen LogP contribution < -0.4 is 9.47 Å². The molecule has 0 aliphatic rings. The number of hydrogen-bond donors (Lipinski definition) is 1. The van der Waals surface area contributed by atoms with E-state index in [9.17, 15) is 5.11 Å². The van der Waals surface area contributed by atoms with E-state index in [4.69, 9.17) is 23.7 Å². The summed E-state index contributed by atoms with van der Waals surface area (Å²) in [5.74, 6) is 2.61. The number of methoxy groups -OCH3 is 1. The van der Waals surface area contributed by atoms with Gasteiger partial charge in [0.1, 0.15) is 5.76 Å². The molecule has 0 saturated heterocycles. The quantitative estimate of drug-likeness (QED) is 0.262. The molecule has 37 heavy (non-hydrogen) atoms. The molecule has 0 saturated carbocycles. The fraction of sp³-hybridized carbons (Fsp3) is 0.345. The third-order valence-electron chi connectivity index (χ3n) is 5.85. The van der Waals surface area contributed by atoms with Crippen molar-refractivity contribution in [2.45, 2.75) is 46.1 Å². The molecule has 0 radical (unpaired) electrons. The van der Waals surface area contributed by atoms with E-state index in [1.165, 1.54) is 0 Å². The van der Waals surface area contributed by atoms with Crippen molar-refractivity contribution in [2.24, 2.45) is 0 Å². The van der Waals surface area contributed by atoms with Gasteiger partial charge in [0, 0.05) is 13.1 Å². The molecule has 0 spiro atoms. The van der Waals surface area contributed by atoms with Crippen molar-refractivity contribution in [2.75, 3.05) is 20.3 Å². The van der Waals surface area contributed by atoms with Crippen LogP contribution in [0.1, 0.15) is 30.9 Å². The molecule has 196 valence electrons. The zero-order valence-corrected chi connectivity index (χ0v) is 21.8. The molecule has 4 rings (SSSR count). The molecule has 1 atom stereocenters.